The van der Waals surface area contributed by atoms with Crippen LogP contribution in [0.2, 0.25) is 0 Å². The van der Waals surface area contributed by atoms with Gasteiger partial charge >= 0.3 is 0 Å². The average Bonchev–Trinajstić information content (AvgIpc) is 2.90. The first-order chi connectivity index (χ1) is 11.9. The lowest BCUT2D eigenvalue weighted by Gasteiger charge is -2.13. The highest BCUT2D eigenvalue weighted by Crippen LogP contribution is 2.31. The van der Waals surface area contributed by atoms with E-state index >= 15 is 0 Å². The number of methoxy groups -OCH3 is 1. The van der Waals surface area contributed by atoms with E-state index in [2.05, 4.69) is 39.2 Å². The summed E-state index contributed by atoms with van der Waals surface area (Å²) in [5, 5.41) is 8.09. The fourth-order valence-electron chi connectivity index (χ4n) is 2.79. The summed E-state index contributed by atoms with van der Waals surface area (Å²) in [7, 11) is 1.62. The molecule has 0 saturated heterocycles. The molecule has 0 spiro atoms. The standard InChI is InChI=1S/C18H24N6O/c1-7-10(2)19-18-22-13(5)21-17-16(12(4)23-24(17)18)14-8-9-15(25-6)20-11(14)3/h8-10H,7H2,1-6H3,(H,19,21,22)/t10-/m0/s1. The molecule has 0 fully saturated rings. The summed E-state index contributed by atoms with van der Waals surface area (Å²) in [4.78, 5) is 13.7. The van der Waals surface area contributed by atoms with Gasteiger partial charge in [0.25, 0.3) is 0 Å². The molecule has 0 aliphatic rings. The fraction of sp³-hybridized carbons (Fsp3) is 0.444. The minimum Gasteiger partial charge on any atom is -0.481 e. The molecule has 1 N–H and O–H groups in total. The number of nitrogens with zero attached hydrogens (tertiary/aromatic N) is 5. The third-order valence-corrected chi connectivity index (χ3v) is 4.30. The largest absolute Gasteiger partial charge is 0.481 e. The van der Waals surface area contributed by atoms with Gasteiger partial charge in [-0.1, -0.05) is 6.92 Å². The number of rotatable bonds is 5. The number of aromatic nitrogens is 5. The molecule has 0 bridgehead atoms. The van der Waals surface area contributed by atoms with Gasteiger partial charge in [0, 0.05) is 23.4 Å². The number of anilines is 1. The zero-order valence-corrected chi connectivity index (χ0v) is 15.6. The summed E-state index contributed by atoms with van der Waals surface area (Å²) in [6.45, 7) is 10.1. The molecule has 7 nitrogen and oxygen atoms in total. The van der Waals surface area contributed by atoms with Crippen LogP contribution in [0.15, 0.2) is 12.1 Å². The fourth-order valence-corrected chi connectivity index (χ4v) is 2.79. The van der Waals surface area contributed by atoms with Crippen LogP contribution in [-0.2, 0) is 0 Å². The maximum atomic E-state index is 5.21. The Hall–Kier alpha value is -2.70. The van der Waals surface area contributed by atoms with Crippen LogP contribution < -0.4 is 10.1 Å². The summed E-state index contributed by atoms with van der Waals surface area (Å²) in [6, 6.07) is 4.16. The van der Waals surface area contributed by atoms with Crippen molar-refractivity contribution in [2.75, 3.05) is 12.4 Å². The van der Waals surface area contributed by atoms with Crippen LogP contribution in [-0.4, -0.2) is 37.7 Å². The SMILES string of the molecule is CC[C@H](C)Nc1nc(C)nc2c(-c3ccc(OC)nc3C)c(C)nn12. The number of pyridine rings is 1. The summed E-state index contributed by atoms with van der Waals surface area (Å²) >= 11 is 0. The Balaban J connectivity index is 2.21. The molecular weight excluding hydrogens is 316 g/mol. The van der Waals surface area contributed by atoms with Crippen molar-refractivity contribution >= 4 is 11.6 Å². The van der Waals surface area contributed by atoms with E-state index in [4.69, 9.17) is 4.74 Å². The molecule has 0 aliphatic carbocycles. The van der Waals surface area contributed by atoms with Crippen molar-refractivity contribution in [1.82, 2.24) is 24.6 Å². The van der Waals surface area contributed by atoms with E-state index in [1.54, 1.807) is 11.6 Å². The summed E-state index contributed by atoms with van der Waals surface area (Å²) < 4.78 is 7.00. The lowest BCUT2D eigenvalue weighted by Crippen LogP contribution is -2.18. The Morgan fingerprint density at radius 1 is 1.12 bits per heavy atom. The second-order valence-electron chi connectivity index (χ2n) is 6.23. The zero-order valence-electron chi connectivity index (χ0n) is 15.6. The maximum absolute atomic E-state index is 5.21. The third-order valence-electron chi connectivity index (χ3n) is 4.30. The molecule has 3 aromatic rings. The van der Waals surface area contributed by atoms with E-state index < -0.39 is 0 Å². The van der Waals surface area contributed by atoms with Crippen LogP contribution in [0.3, 0.4) is 0 Å². The Morgan fingerprint density at radius 2 is 1.88 bits per heavy atom. The van der Waals surface area contributed by atoms with Crippen LogP contribution in [0.5, 0.6) is 5.88 Å². The highest BCUT2D eigenvalue weighted by Gasteiger charge is 2.19. The van der Waals surface area contributed by atoms with Gasteiger partial charge in [-0.15, -0.1) is 0 Å². The predicted octanol–water partition coefficient (Wildman–Crippen LogP) is 3.33. The van der Waals surface area contributed by atoms with E-state index in [1.807, 2.05) is 32.9 Å². The van der Waals surface area contributed by atoms with Gasteiger partial charge < -0.3 is 10.1 Å². The second kappa shape index (κ2) is 6.66. The number of hydrogen-bond acceptors (Lipinski definition) is 6. The average molecular weight is 340 g/mol. The van der Waals surface area contributed by atoms with E-state index in [0.717, 1.165) is 34.6 Å². The van der Waals surface area contributed by atoms with Gasteiger partial charge in [-0.2, -0.15) is 14.6 Å². The van der Waals surface area contributed by atoms with Gasteiger partial charge in [-0.05, 0) is 40.2 Å². The number of aryl methyl sites for hydroxylation is 3. The third kappa shape index (κ3) is 3.14. The highest BCUT2D eigenvalue weighted by molar-refractivity contribution is 5.81. The molecule has 0 saturated carbocycles. The zero-order chi connectivity index (χ0) is 18.1. The van der Waals surface area contributed by atoms with Crippen molar-refractivity contribution in [2.24, 2.45) is 0 Å². The van der Waals surface area contributed by atoms with Gasteiger partial charge in [0.15, 0.2) is 5.65 Å². The van der Waals surface area contributed by atoms with E-state index in [1.165, 1.54) is 0 Å². The minimum atomic E-state index is 0.301. The Labute approximate surface area is 147 Å². The first kappa shape index (κ1) is 17.1. The molecule has 132 valence electrons. The van der Waals surface area contributed by atoms with E-state index in [-0.39, 0.29) is 0 Å². The number of hydrogen-bond donors (Lipinski definition) is 1. The van der Waals surface area contributed by atoms with Gasteiger partial charge in [0.1, 0.15) is 5.82 Å². The normalized spacial score (nSPS) is 12.4. The summed E-state index contributed by atoms with van der Waals surface area (Å²) in [6.07, 6.45) is 0.999. The van der Waals surface area contributed by atoms with Crippen LogP contribution in [0.1, 0.15) is 37.5 Å². The van der Waals surface area contributed by atoms with Gasteiger partial charge in [0.2, 0.25) is 11.8 Å². The monoisotopic (exact) mass is 340 g/mol. The molecule has 3 aromatic heterocycles. The highest BCUT2D eigenvalue weighted by atomic mass is 16.5. The Kier molecular flexibility index (Phi) is 4.57. The topological polar surface area (TPSA) is 77.2 Å². The molecule has 0 radical (unpaired) electrons. The molecule has 0 aliphatic heterocycles. The molecule has 1 atom stereocenters. The van der Waals surface area contributed by atoms with Gasteiger partial charge in [-0.3, -0.25) is 0 Å². The molecule has 25 heavy (non-hydrogen) atoms. The lowest BCUT2D eigenvalue weighted by atomic mass is 10.1. The molecule has 7 heteroatoms. The van der Waals surface area contributed by atoms with Crippen molar-refractivity contribution < 1.29 is 4.74 Å². The smallest absolute Gasteiger partial charge is 0.227 e. The number of ether oxygens (including phenoxy) is 1. The van der Waals surface area contributed by atoms with Crippen molar-refractivity contribution in [3.05, 3.63) is 29.3 Å². The quantitative estimate of drug-likeness (QED) is 0.767. The first-order valence-electron chi connectivity index (χ1n) is 8.47. The molecule has 3 rings (SSSR count). The molecule has 0 amide bonds. The first-order valence-corrected chi connectivity index (χ1v) is 8.47. The van der Waals surface area contributed by atoms with E-state index in [9.17, 15) is 0 Å². The maximum Gasteiger partial charge on any atom is 0.227 e. The van der Waals surface area contributed by atoms with Gasteiger partial charge in [0.05, 0.1) is 18.4 Å². The molecule has 3 heterocycles. The molecule has 0 unspecified atom stereocenters. The van der Waals surface area contributed by atoms with Crippen molar-refractivity contribution in [2.45, 2.75) is 47.1 Å². The van der Waals surface area contributed by atoms with Crippen LogP contribution in [0.4, 0.5) is 5.95 Å². The Bertz CT molecular complexity index is 918. The second-order valence-corrected chi connectivity index (χ2v) is 6.23. The number of fused-ring (bicyclic) bond motifs is 1. The predicted molar refractivity (Wildman–Crippen MR) is 98.2 cm³/mol. The Morgan fingerprint density at radius 3 is 2.52 bits per heavy atom. The van der Waals surface area contributed by atoms with Crippen LogP contribution in [0, 0.1) is 20.8 Å². The lowest BCUT2D eigenvalue weighted by molar-refractivity contribution is 0.397. The van der Waals surface area contributed by atoms with Crippen LogP contribution >= 0.6 is 0 Å². The van der Waals surface area contributed by atoms with Crippen LogP contribution in [0.25, 0.3) is 16.8 Å². The van der Waals surface area contributed by atoms with Crippen molar-refractivity contribution in [1.29, 1.82) is 0 Å². The van der Waals surface area contributed by atoms with Crippen molar-refractivity contribution in [3.63, 3.8) is 0 Å². The molecule has 0 aromatic carbocycles. The number of nitrogens with one attached hydrogen (secondary N) is 1. The summed E-state index contributed by atoms with van der Waals surface area (Å²) in [5.74, 6) is 2.02. The summed E-state index contributed by atoms with van der Waals surface area (Å²) in [5.41, 5.74) is 4.53. The molecular formula is C18H24N6O. The van der Waals surface area contributed by atoms with Gasteiger partial charge in [-0.25, -0.2) is 9.97 Å². The van der Waals surface area contributed by atoms with E-state index in [0.29, 0.717) is 23.7 Å². The minimum absolute atomic E-state index is 0.301. The van der Waals surface area contributed by atoms with Crippen molar-refractivity contribution in [3.8, 4) is 17.0 Å².